The lowest BCUT2D eigenvalue weighted by Crippen LogP contribution is -2.09. The van der Waals surface area contributed by atoms with Crippen LogP contribution in [-0.2, 0) is 6.18 Å². The molecule has 0 spiro atoms. The predicted molar refractivity (Wildman–Crippen MR) is 59.9 cm³/mol. The lowest BCUT2D eigenvalue weighted by Gasteiger charge is -2.08. The van der Waals surface area contributed by atoms with E-state index in [4.69, 9.17) is 0 Å². The topological polar surface area (TPSA) is 58.7 Å². The molecule has 0 heterocycles. The van der Waals surface area contributed by atoms with Gasteiger partial charge in [0.1, 0.15) is 5.56 Å². The molecule has 18 heavy (non-hydrogen) atoms. The van der Waals surface area contributed by atoms with Crippen LogP contribution in [0.4, 0.5) is 24.5 Å². The van der Waals surface area contributed by atoms with Crippen LogP contribution in [0, 0.1) is 10.1 Å². The van der Waals surface area contributed by atoms with E-state index in [-0.39, 0.29) is 5.69 Å². The molecule has 0 bridgehead atoms. The van der Waals surface area contributed by atoms with Gasteiger partial charge >= 0.3 is 6.18 Å². The van der Waals surface area contributed by atoms with Crippen molar-refractivity contribution < 1.29 is 18.1 Å². The van der Waals surface area contributed by atoms with E-state index in [1.807, 2.05) is 0 Å². The SMILES string of the molecule is CN(C)C=Nc1ccc([N+](=O)[O-])c(C(F)(F)F)c1. The van der Waals surface area contributed by atoms with Crippen molar-refractivity contribution in [2.75, 3.05) is 14.1 Å². The van der Waals surface area contributed by atoms with E-state index in [2.05, 4.69) is 4.99 Å². The summed E-state index contributed by atoms with van der Waals surface area (Å²) >= 11 is 0. The van der Waals surface area contributed by atoms with Gasteiger partial charge in [0.25, 0.3) is 5.69 Å². The summed E-state index contributed by atoms with van der Waals surface area (Å²) in [4.78, 5) is 14.7. The van der Waals surface area contributed by atoms with Gasteiger partial charge in [-0.2, -0.15) is 13.2 Å². The molecule has 1 aromatic rings. The van der Waals surface area contributed by atoms with E-state index < -0.39 is 22.4 Å². The van der Waals surface area contributed by atoms with Crippen molar-refractivity contribution in [2.24, 2.45) is 4.99 Å². The number of rotatable bonds is 3. The molecule has 0 saturated heterocycles. The van der Waals surface area contributed by atoms with Crippen LogP contribution in [0.5, 0.6) is 0 Å². The Labute approximate surface area is 101 Å². The minimum Gasteiger partial charge on any atom is -0.369 e. The van der Waals surface area contributed by atoms with Gasteiger partial charge in [0, 0.05) is 20.2 Å². The van der Waals surface area contributed by atoms with Crippen LogP contribution in [0.2, 0.25) is 0 Å². The summed E-state index contributed by atoms with van der Waals surface area (Å²) in [5.74, 6) is 0. The van der Waals surface area contributed by atoms with Crippen LogP contribution >= 0.6 is 0 Å². The molecule has 98 valence electrons. The second-order valence-electron chi connectivity index (χ2n) is 3.66. The van der Waals surface area contributed by atoms with Gasteiger partial charge in [-0.25, -0.2) is 4.99 Å². The van der Waals surface area contributed by atoms with E-state index in [9.17, 15) is 23.3 Å². The highest BCUT2D eigenvalue weighted by atomic mass is 19.4. The van der Waals surface area contributed by atoms with Crippen LogP contribution in [0.1, 0.15) is 5.56 Å². The first-order valence-electron chi connectivity index (χ1n) is 4.78. The number of hydrogen-bond acceptors (Lipinski definition) is 3. The van der Waals surface area contributed by atoms with Gasteiger partial charge in [0.05, 0.1) is 16.9 Å². The first-order chi connectivity index (χ1) is 8.21. The maximum absolute atomic E-state index is 12.6. The van der Waals surface area contributed by atoms with Crippen molar-refractivity contribution in [1.82, 2.24) is 4.90 Å². The molecule has 0 radical (unpaired) electrons. The molecule has 1 aromatic carbocycles. The van der Waals surface area contributed by atoms with Gasteiger partial charge in [-0.15, -0.1) is 0 Å². The van der Waals surface area contributed by atoms with Gasteiger partial charge in [-0.05, 0) is 12.1 Å². The number of alkyl halides is 3. The van der Waals surface area contributed by atoms with Gasteiger partial charge in [0.2, 0.25) is 0 Å². The molecule has 0 atom stereocenters. The maximum Gasteiger partial charge on any atom is 0.423 e. The average Bonchev–Trinajstić information content (AvgIpc) is 2.24. The molecule has 8 heteroatoms. The lowest BCUT2D eigenvalue weighted by molar-refractivity contribution is -0.388. The number of benzene rings is 1. The quantitative estimate of drug-likeness (QED) is 0.364. The second-order valence-corrected chi connectivity index (χ2v) is 3.66. The number of halogens is 3. The summed E-state index contributed by atoms with van der Waals surface area (Å²) in [5, 5.41) is 10.5. The average molecular weight is 261 g/mol. The first-order valence-corrected chi connectivity index (χ1v) is 4.78. The largest absolute Gasteiger partial charge is 0.423 e. The van der Waals surface area contributed by atoms with Crippen LogP contribution in [-0.4, -0.2) is 30.3 Å². The molecule has 0 aliphatic heterocycles. The number of nitro benzene ring substituents is 1. The van der Waals surface area contributed by atoms with E-state index in [1.165, 1.54) is 11.2 Å². The summed E-state index contributed by atoms with van der Waals surface area (Å²) in [5.41, 5.74) is -2.28. The highest BCUT2D eigenvalue weighted by Crippen LogP contribution is 2.38. The van der Waals surface area contributed by atoms with Crippen molar-refractivity contribution in [3.8, 4) is 0 Å². The highest BCUT2D eigenvalue weighted by Gasteiger charge is 2.38. The maximum atomic E-state index is 12.6. The Morgan fingerprint density at radius 1 is 1.39 bits per heavy atom. The molecular formula is C10H10F3N3O2. The molecule has 0 aliphatic rings. The van der Waals surface area contributed by atoms with Gasteiger partial charge < -0.3 is 4.90 Å². The molecule has 0 amide bonds. The Kier molecular flexibility index (Phi) is 3.89. The standard InChI is InChI=1S/C10H10F3N3O2/c1-15(2)6-14-7-3-4-9(16(17)18)8(5-7)10(11,12)13/h3-6H,1-2H3. The van der Waals surface area contributed by atoms with Crippen LogP contribution in [0.15, 0.2) is 23.2 Å². The number of aliphatic imine (C=N–C) groups is 1. The summed E-state index contributed by atoms with van der Waals surface area (Å²) in [6, 6.07) is 2.61. The molecule has 0 aliphatic carbocycles. The van der Waals surface area contributed by atoms with E-state index >= 15 is 0 Å². The monoisotopic (exact) mass is 261 g/mol. The molecule has 0 fully saturated rings. The Morgan fingerprint density at radius 2 is 2.00 bits per heavy atom. The molecule has 0 N–H and O–H groups in total. The second kappa shape index (κ2) is 5.03. The molecule has 0 unspecified atom stereocenters. The lowest BCUT2D eigenvalue weighted by atomic mass is 10.1. The highest BCUT2D eigenvalue weighted by molar-refractivity contribution is 5.62. The fourth-order valence-corrected chi connectivity index (χ4v) is 1.17. The van der Waals surface area contributed by atoms with Crippen LogP contribution in [0.3, 0.4) is 0 Å². The van der Waals surface area contributed by atoms with Crippen LogP contribution < -0.4 is 0 Å². The minimum atomic E-state index is -4.79. The molecule has 0 saturated carbocycles. The van der Waals surface area contributed by atoms with E-state index in [0.29, 0.717) is 6.07 Å². The molecule has 1 rings (SSSR count). The first kappa shape index (κ1) is 13.9. The Balaban J connectivity index is 3.26. The third-order valence-electron chi connectivity index (χ3n) is 1.92. The zero-order valence-electron chi connectivity index (χ0n) is 9.60. The number of nitro groups is 1. The minimum absolute atomic E-state index is 0.00150. The predicted octanol–water partition coefficient (Wildman–Crippen LogP) is 2.84. The van der Waals surface area contributed by atoms with E-state index in [0.717, 1.165) is 12.1 Å². The van der Waals surface area contributed by atoms with Crippen LogP contribution in [0.25, 0.3) is 0 Å². The third kappa shape index (κ3) is 3.44. The summed E-state index contributed by atoms with van der Waals surface area (Å²) in [7, 11) is 3.30. The zero-order chi connectivity index (χ0) is 13.9. The van der Waals surface area contributed by atoms with Crippen molar-refractivity contribution in [2.45, 2.75) is 6.18 Å². The van der Waals surface area contributed by atoms with Crippen molar-refractivity contribution in [1.29, 1.82) is 0 Å². The molecular weight excluding hydrogens is 251 g/mol. The summed E-state index contributed by atoms with van der Waals surface area (Å²) < 4.78 is 37.9. The third-order valence-corrected chi connectivity index (χ3v) is 1.92. The smallest absolute Gasteiger partial charge is 0.369 e. The Morgan fingerprint density at radius 3 is 2.44 bits per heavy atom. The number of nitrogens with zero attached hydrogens (tertiary/aromatic N) is 3. The van der Waals surface area contributed by atoms with Crippen molar-refractivity contribution in [3.05, 3.63) is 33.9 Å². The van der Waals surface area contributed by atoms with Gasteiger partial charge in [0.15, 0.2) is 0 Å². The molecule has 0 aromatic heterocycles. The van der Waals surface area contributed by atoms with Gasteiger partial charge in [-0.3, -0.25) is 10.1 Å². The van der Waals surface area contributed by atoms with E-state index in [1.54, 1.807) is 14.1 Å². The number of hydrogen-bond donors (Lipinski definition) is 0. The summed E-state index contributed by atoms with van der Waals surface area (Å²) in [6.45, 7) is 0. The zero-order valence-corrected chi connectivity index (χ0v) is 9.60. The Hall–Kier alpha value is -2.12. The fourth-order valence-electron chi connectivity index (χ4n) is 1.17. The molecule has 5 nitrogen and oxygen atoms in total. The van der Waals surface area contributed by atoms with Crippen molar-refractivity contribution in [3.63, 3.8) is 0 Å². The summed E-state index contributed by atoms with van der Waals surface area (Å²) in [6.07, 6.45) is -3.48. The Bertz CT molecular complexity index is 484. The normalized spacial score (nSPS) is 11.8. The van der Waals surface area contributed by atoms with Crippen molar-refractivity contribution >= 4 is 17.7 Å². The fraction of sp³-hybridized carbons (Fsp3) is 0.300. The van der Waals surface area contributed by atoms with Gasteiger partial charge in [-0.1, -0.05) is 0 Å².